The molecule has 11 heteroatoms. The van der Waals surface area contributed by atoms with E-state index >= 15 is 0 Å². The molecule has 0 bridgehead atoms. The topological polar surface area (TPSA) is 100 Å². The van der Waals surface area contributed by atoms with E-state index in [9.17, 15) is 13.2 Å². The summed E-state index contributed by atoms with van der Waals surface area (Å²) in [5.74, 6) is -0.0802. The van der Waals surface area contributed by atoms with Gasteiger partial charge in [-0.15, -0.1) is 10.2 Å². The number of benzene rings is 1. The molecule has 158 valence electrons. The minimum atomic E-state index is -3.58. The Morgan fingerprint density at radius 3 is 2.66 bits per heavy atom. The number of amides is 1. The Balaban J connectivity index is 1.63. The second-order valence-corrected chi connectivity index (χ2v) is 10.1. The fourth-order valence-electron chi connectivity index (χ4n) is 2.93. The molecular weight excluding hydrogens is 412 g/mol. The van der Waals surface area contributed by atoms with Crippen LogP contribution >= 0.6 is 11.8 Å². The number of aromatic nitrogens is 3. The molecule has 3 rings (SSSR count). The van der Waals surface area contributed by atoms with Crippen molar-refractivity contribution >= 4 is 33.4 Å². The predicted octanol–water partition coefficient (Wildman–Crippen LogP) is 1.53. The predicted molar refractivity (Wildman–Crippen MR) is 112 cm³/mol. The zero-order valence-corrected chi connectivity index (χ0v) is 18.4. The lowest BCUT2D eigenvalue weighted by atomic mass is 10.3. The summed E-state index contributed by atoms with van der Waals surface area (Å²) in [7, 11) is -1.60. The summed E-state index contributed by atoms with van der Waals surface area (Å²) in [5, 5.41) is 11.3. The Hall–Kier alpha value is -1.95. The maximum absolute atomic E-state index is 12.9. The summed E-state index contributed by atoms with van der Waals surface area (Å²) < 4.78 is 29.2. The molecule has 2 aromatic rings. The van der Waals surface area contributed by atoms with Gasteiger partial charge in [-0.2, -0.15) is 4.31 Å². The van der Waals surface area contributed by atoms with E-state index in [1.807, 2.05) is 25.5 Å². The van der Waals surface area contributed by atoms with E-state index in [1.54, 1.807) is 24.5 Å². The third-order valence-corrected chi connectivity index (χ3v) is 7.50. The van der Waals surface area contributed by atoms with E-state index in [4.69, 9.17) is 0 Å². The van der Waals surface area contributed by atoms with Crippen LogP contribution in [-0.2, 0) is 14.8 Å². The highest BCUT2D eigenvalue weighted by atomic mass is 32.2. The molecule has 0 aliphatic carbocycles. The SMILES string of the molecule is CC(C)n1cnnc1SCC(=O)Nc1cccc(S(=O)(=O)N2CCN(C)CC2)c1. The van der Waals surface area contributed by atoms with Crippen molar-refractivity contribution in [3.05, 3.63) is 30.6 Å². The lowest BCUT2D eigenvalue weighted by Crippen LogP contribution is -2.47. The third-order valence-electron chi connectivity index (χ3n) is 4.65. The molecule has 1 aliphatic rings. The van der Waals surface area contributed by atoms with Crippen LogP contribution in [0.2, 0.25) is 0 Å². The number of nitrogens with zero attached hydrogens (tertiary/aromatic N) is 5. The van der Waals surface area contributed by atoms with Crippen molar-refractivity contribution in [3.63, 3.8) is 0 Å². The van der Waals surface area contributed by atoms with E-state index in [1.165, 1.54) is 22.1 Å². The van der Waals surface area contributed by atoms with Crippen LogP contribution in [0.3, 0.4) is 0 Å². The maximum atomic E-state index is 12.9. The molecule has 1 fully saturated rings. The molecule has 29 heavy (non-hydrogen) atoms. The van der Waals surface area contributed by atoms with Crippen molar-refractivity contribution in [1.82, 2.24) is 24.0 Å². The number of carbonyl (C=O) groups is 1. The molecule has 1 aromatic carbocycles. The molecule has 0 unspecified atom stereocenters. The Bertz CT molecular complexity index is 952. The summed E-state index contributed by atoms with van der Waals surface area (Å²) >= 11 is 1.29. The van der Waals surface area contributed by atoms with Crippen molar-refractivity contribution < 1.29 is 13.2 Å². The molecule has 0 spiro atoms. The van der Waals surface area contributed by atoms with E-state index in [-0.39, 0.29) is 22.6 Å². The largest absolute Gasteiger partial charge is 0.325 e. The number of likely N-dealkylation sites (N-methyl/N-ethyl adjacent to an activating group) is 1. The lowest BCUT2D eigenvalue weighted by molar-refractivity contribution is -0.113. The minimum Gasteiger partial charge on any atom is -0.325 e. The van der Waals surface area contributed by atoms with Gasteiger partial charge in [0.1, 0.15) is 6.33 Å². The maximum Gasteiger partial charge on any atom is 0.243 e. The number of hydrogen-bond donors (Lipinski definition) is 1. The summed E-state index contributed by atoms with van der Waals surface area (Å²) in [6.45, 7) is 6.35. The Morgan fingerprint density at radius 1 is 1.24 bits per heavy atom. The van der Waals surface area contributed by atoms with Crippen LogP contribution < -0.4 is 5.32 Å². The number of nitrogens with one attached hydrogen (secondary N) is 1. The van der Waals surface area contributed by atoms with Gasteiger partial charge >= 0.3 is 0 Å². The highest BCUT2D eigenvalue weighted by Gasteiger charge is 2.27. The van der Waals surface area contributed by atoms with Crippen molar-refractivity contribution in [1.29, 1.82) is 0 Å². The summed E-state index contributed by atoms with van der Waals surface area (Å²) in [5.41, 5.74) is 0.455. The van der Waals surface area contributed by atoms with Gasteiger partial charge in [0.05, 0.1) is 10.6 Å². The van der Waals surface area contributed by atoms with Gasteiger partial charge in [0.15, 0.2) is 5.16 Å². The highest BCUT2D eigenvalue weighted by Crippen LogP contribution is 2.22. The van der Waals surface area contributed by atoms with Crippen LogP contribution in [0.25, 0.3) is 0 Å². The summed E-state index contributed by atoms with van der Waals surface area (Å²) in [6, 6.07) is 6.59. The molecule has 1 aromatic heterocycles. The van der Waals surface area contributed by atoms with E-state index in [2.05, 4.69) is 20.4 Å². The molecule has 0 saturated carbocycles. The van der Waals surface area contributed by atoms with Crippen LogP contribution in [0.5, 0.6) is 0 Å². The Morgan fingerprint density at radius 2 is 1.97 bits per heavy atom. The molecule has 1 saturated heterocycles. The Kier molecular flexibility index (Phi) is 6.93. The van der Waals surface area contributed by atoms with Crippen molar-refractivity contribution in [2.45, 2.75) is 29.9 Å². The smallest absolute Gasteiger partial charge is 0.243 e. The Labute approximate surface area is 175 Å². The van der Waals surface area contributed by atoms with Crippen molar-refractivity contribution in [2.24, 2.45) is 0 Å². The van der Waals surface area contributed by atoms with Crippen molar-refractivity contribution in [2.75, 3.05) is 44.3 Å². The molecule has 0 atom stereocenters. The molecule has 1 N–H and O–H groups in total. The second kappa shape index (κ2) is 9.24. The number of hydrogen-bond acceptors (Lipinski definition) is 7. The van der Waals surface area contributed by atoms with Gasteiger partial charge in [0, 0.05) is 37.9 Å². The standard InChI is InChI=1S/C18H26N6O3S2/c1-14(2)24-13-19-21-18(24)28-12-17(25)20-15-5-4-6-16(11-15)29(26,27)23-9-7-22(3)8-10-23/h4-6,11,13-14H,7-10,12H2,1-3H3,(H,20,25). The van der Waals surface area contributed by atoms with Gasteiger partial charge in [-0.1, -0.05) is 17.8 Å². The average Bonchev–Trinajstić information content (AvgIpc) is 3.16. The quantitative estimate of drug-likeness (QED) is 0.654. The van der Waals surface area contributed by atoms with Gasteiger partial charge in [-0.3, -0.25) is 4.79 Å². The molecule has 1 amide bonds. The zero-order valence-electron chi connectivity index (χ0n) is 16.8. The fraction of sp³-hybridized carbons (Fsp3) is 0.500. The molecular formula is C18H26N6O3S2. The highest BCUT2D eigenvalue weighted by molar-refractivity contribution is 7.99. The number of anilines is 1. The van der Waals surface area contributed by atoms with Crippen LogP contribution in [0.1, 0.15) is 19.9 Å². The third kappa shape index (κ3) is 5.35. The normalized spacial score (nSPS) is 16.3. The first-order chi connectivity index (χ1) is 13.8. The van der Waals surface area contributed by atoms with Gasteiger partial charge in [-0.05, 0) is 39.1 Å². The minimum absolute atomic E-state index is 0.154. The van der Waals surface area contributed by atoms with Gasteiger partial charge in [-0.25, -0.2) is 8.42 Å². The van der Waals surface area contributed by atoms with Crippen LogP contribution in [0, 0.1) is 0 Å². The van der Waals surface area contributed by atoms with Gasteiger partial charge in [0.2, 0.25) is 15.9 Å². The second-order valence-electron chi connectivity index (χ2n) is 7.19. The molecule has 9 nitrogen and oxygen atoms in total. The lowest BCUT2D eigenvalue weighted by Gasteiger charge is -2.31. The first-order valence-electron chi connectivity index (χ1n) is 9.38. The van der Waals surface area contributed by atoms with E-state index in [0.717, 1.165) is 0 Å². The van der Waals surface area contributed by atoms with E-state index in [0.29, 0.717) is 37.0 Å². The molecule has 1 aliphatic heterocycles. The summed E-state index contributed by atoms with van der Waals surface area (Å²) in [4.78, 5) is 14.6. The fourth-order valence-corrected chi connectivity index (χ4v) is 5.24. The van der Waals surface area contributed by atoms with Gasteiger partial charge < -0.3 is 14.8 Å². The summed E-state index contributed by atoms with van der Waals surface area (Å²) in [6.07, 6.45) is 1.64. The van der Waals surface area contributed by atoms with Gasteiger partial charge in [0.25, 0.3) is 0 Å². The number of piperazine rings is 1. The number of rotatable bonds is 7. The first-order valence-corrected chi connectivity index (χ1v) is 11.8. The number of sulfonamides is 1. The zero-order chi connectivity index (χ0) is 21.0. The van der Waals surface area contributed by atoms with Crippen LogP contribution in [0.15, 0.2) is 40.6 Å². The first kappa shape index (κ1) is 21.8. The van der Waals surface area contributed by atoms with Crippen LogP contribution in [0.4, 0.5) is 5.69 Å². The average molecular weight is 439 g/mol. The molecule has 0 radical (unpaired) electrons. The van der Waals surface area contributed by atoms with Crippen LogP contribution in [-0.4, -0.2) is 77.3 Å². The monoisotopic (exact) mass is 438 g/mol. The van der Waals surface area contributed by atoms with Crippen molar-refractivity contribution in [3.8, 4) is 0 Å². The number of thioether (sulfide) groups is 1. The molecule has 2 heterocycles. The number of carbonyl (C=O) groups excluding carboxylic acids is 1. The van der Waals surface area contributed by atoms with E-state index < -0.39 is 10.0 Å².